The van der Waals surface area contributed by atoms with Gasteiger partial charge in [0.1, 0.15) is 0 Å². The van der Waals surface area contributed by atoms with Crippen LogP contribution in [0.3, 0.4) is 0 Å². The lowest BCUT2D eigenvalue weighted by Crippen LogP contribution is -2.43. The number of rotatable bonds is 5. The smallest absolute Gasteiger partial charge is 0.265 e. The second-order valence-electron chi connectivity index (χ2n) is 8.10. The molecule has 1 aromatic heterocycles. The highest BCUT2D eigenvalue weighted by Crippen LogP contribution is 2.37. The first-order valence-corrected chi connectivity index (χ1v) is 12.7. The van der Waals surface area contributed by atoms with Crippen molar-refractivity contribution in [3.05, 3.63) is 67.3 Å². The second kappa shape index (κ2) is 8.34. The summed E-state index contributed by atoms with van der Waals surface area (Å²) in [6.07, 6.45) is 1.37. The van der Waals surface area contributed by atoms with Crippen molar-refractivity contribution in [3.63, 3.8) is 0 Å². The summed E-state index contributed by atoms with van der Waals surface area (Å²) in [4.78, 5) is 12.6. The molecule has 1 atom stereocenters. The van der Waals surface area contributed by atoms with Crippen molar-refractivity contribution in [2.75, 3.05) is 6.61 Å². The molecular weight excluding hydrogens is 475 g/mol. The molecule has 1 aromatic carbocycles. The highest BCUT2D eigenvalue weighted by atomic mass is 79.9. The van der Waals surface area contributed by atoms with Gasteiger partial charge in [0.2, 0.25) is 0 Å². The minimum absolute atomic E-state index is 0.0201. The van der Waals surface area contributed by atoms with E-state index in [4.69, 9.17) is 16.0 Å². The zero-order chi connectivity index (χ0) is 21.4. The Labute approximate surface area is 176 Å². The highest BCUT2D eigenvalue weighted by molar-refractivity contribution is 9.10. The van der Waals surface area contributed by atoms with Gasteiger partial charge >= 0.3 is 0 Å². The van der Waals surface area contributed by atoms with Gasteiger partial charge in [-0.3, -0.25) is 4.79 Å². The third-order valence-corrected chi connectivity index (χ3v) is 10.4. The summed E-state index contributed by atoms with van der Waals surface area (Å²) in [5, 5.41) is 0.142. The molecule has 0 aliphatic heterocycles. The molecule has 0 bridgehead atoms. The molecule has 154 valence electrons. The average molecular weight is 497 g/mol. The Morgan fingerprint density at radius 1 is 1.18 bits per heavy atom. The van der Waals surface area contributed by atoms with Crippen molar-refractivity contribution in [1.82, 2.24) is 4.57 Å². The monoisotopic (exact) mass is 495 g/mol. The maximum absolute atomic E-state index is 13.9. The topological polar surface area (TPSA) is 31.2 Å². The lowest BCUT2D eigenvalue weighted by molar-refractivity contribution is 0.245. The molecule has 0 saturated heterocycles. The van der Waals surface area contributed by atoms with Crippen LogP contribution in [0.25, 0.3) is 0 Å². The van der Waals surface area contributed by atoms with Crippen LogP contribution < -0.4 is 5.56 Å². The first kappa shape index (κ1) is 23.2. The van der Waals surface area contributed by atoms with Crippen LogP contribution in [-0.2, 0) is 4.43 Å². The maximum Gasteiger partial charge on any atom is 0.265 e. The first-order chi connectivity index (χ1) is 12.7. The standard InChI is InChI=1S/C19H22BrClF3NO2Si/c1-19(2,3)28(4,5)27-10-16(11-6-14(22)17(24)15(23)7-11)25-9-12(21)8-13(20)18(25)26/h6-9,16H,10H2,1-5H3. The van der Waals surface area contributed by atoms with Crippen LogP contribution in [0.5, 0.6) is 0 Å². The summed E-state index contributed by atoms with van der Waals surface area (Å²) >= 11 is 9.22. The van der Waals surface area contributed by atoms with Crippen molar-refractivity contribution in [3.8, 4) is 0 Å². The summed E-state index contributed by atoms with van der Waals surface area (Å²) in [6.45, 7) is 10.2. The Morgan fingerprint density at radius 3 is 2.21 bits per heavy atom. The molecule has 2 rings (SSSR count). The van der Waals surface area contributed by atoms with Crippen LogP contribution in [0.4, 0.5) is 13.2 Å². The number of pyridine rings is 1. The van der Waals surface area contributed by atoms with E-state index >= 15 is 0 Å². The molecule has 0 N–H and O–H groups in total. The number of hydrogen-bond acceptors (Lipinski definition) is 2. The molecule has 1 heterocycles. The van der Waals surface area contributed by atoms with Gasteiger partial charge in [0, 0.05) is 6.20 Å². The zero-order valence-corrected chi connectivity index (χ0v) is 19.6. The zero-order valence-electron chi connectivity index (χ0n) is 16.2. The van der Waals surface area contributed by atoms with Gasteiger partial charge < -0.3 is 8.99 Å². The van der Waals surface area contributed by atoms with Crippen LogP contribution in [-0.4, -0.2) is 19.5 Å². The van der Waals surface area contributed by atoms with Crippen LogP contribution in [0, 0.1) is 17.5 Å². The van der Waals surface area contributed by atoms with Crippen molar-refractivity contribution >= 4 is 35.8 Å². The summed E-state index contributed by atoms with van der Waals surface area (Å²) in [5.41, 5.74) is -0.371. The van der Waals surface area contributed by atoms with Crippen LogP contribution in [0.1, 0.15) is 32.4 Å². The molecule has 0 spiro atoms. The van der Waals surface area contributed by atoms with Crippen molar-refractivity contribution in [2.45, 2.75) is 44.9 Å². The third-order valence-electron chi connectivity index (χ3n) is 5.10. The van der Waals surface area contributed by atoms with Crippen molar-refractivity contribution < 1.29 is 17.6 Å². The molecule has 0 amide bonds. The van der Waals surface area contributed by atoms with E-state index in [1.165, 1.54) is 16.8 Å². The van der Waals surface area contributed by atoms with Gasteiger partial charge in [-0.05, 0) is 57.8 Å². The molecule has 1 unspecified atom stereocenters. The fourth-order valence-electron chi connectivity index (χ4n) is 2.37. The fourth-order valence-corrected chi connectivity index (χ4v) is 4.18. The SMILES string of the molecule is CC(C)(C)[Si](C)(C)OCC(c1cc(F)c(F)c(F)c1)n1cc(Cl)cc(Br)c1=O. The van der Waals surface area contributed by atoms with Gasteiger partial charge in [0.05, 0.1) is 22.1 Å². The quantitative estimate of drug-likeness (QED) is 0.360. The number of nitrogens with zero attached hydrogens (tertiary/aromatic N) is 1. The van der Waals surface area contributed by atoms with Gasteiger partial charge in [-0.2, -0.15) is 0 Å². The summed E-state index contributed by atoms with van der Waals surface area (Å²) in [6, 6.07) is 2.29. The molecule has 2 aromatic rings. The van der Waals surface area contributed by atoms with E-state index in [9.17, 15) is 18.0 Å². The van der Waals surface area contributed by atoms with E-state index in [1.54, 1.807) is 0 Å². The Balaban J connectivity index is 2.59. The molecule has 3 nitrogen and oxygen atoms in total. The fraction of sp³-hybridized carbons (Fsp3) is 0.421. The number of halogens is 5. The molecular formula is C19H22BrClF3NO2Si. The van der Waals surface area contributed by atoms with Crippen molar-refractivity contribution in [1.29, 1.82) is 0 Å². The number of aromatic nitrogens is 1. The van der Waals surface area contributed by atoms with Gasteiger partial charge in [-0.25, -0.2) is 13.2 Å². The van der Waals surface area contributed by atoms with Gasteiger partial charge in [0.15, 0.2) is 25.8 Å². The molecule has 0 aliphatic carbocycles. The number of benzene rings is 1. The molecule has 9 heteroatoms. The van der Waals surface area contributed by atoms with Crippen LogP contribution >= 0.6 is 27.5 Å². The van der Waals surface area contributed by atoms with E-state index < -0.39 is 37.4 Å². The van der Waals surface area contributed by atoms with Crippen LogP contribution in [0.15, 0.2) is 33.7 Å². The van der Waals surface area contributed by atoms with E-state index in [0.29, 0.717) is 0 Å². The first-order valence-electron chi connectivity index (χ1n) is 8.60. The minimum Gasteiger partial charge on any atom is -0.414 e. The lowest BCUT2D eigenvalue weighted by Gasteiger charge is -2.37. The molecule has 0 fully saturated rings. The summed E-state index contributed by atoms with van der Waals surface area (Å²) in [7, 11) is -2.24. The minimum atomic E-state index is -2.24. The van der Waals surface area contributed by atoms with Crippen LogP contribution in [0.2, 0.25) is 23.2 Å². The summed E-state index contributed by atoms with van der Waals surface area (Å²) in [5.74, 6) is -4.23. The predicted molar refractivity (Wildman–Crippen MR) is 111 cm³/mol. The normalized spacial score (nSPS) is 13.6. The molecule has 28 heavy (non-hydrogen) atoms. The van der Waals surface area contributed by atoms with E-state index in [1.807, 2.05) is 33.9 Å². The van der Waals surface area contributed by atoms with E-state index in [2.05, 4.69) is 15.9 Å². The van der Waals surface area contributed by atoms with Gasteiger partial charge in [-0.15, -0.1) is 0 Å². The maximum atomic E-state index is 13.9. The Hall–Kier alpha value is -1.09. The van der Waals surface area contributed by atoms with E-state index in [-0.39, 0.29) is 26.7 Å². The molecule has 0 radical (unpaired) electrons. The third kappa shape index (κ3) is 4.90. The Morgan fingerprint density at radius 2 is 1.71 bits per heavy atom. The molecule has 0 saturated carbocycles. The molecule has 0 aliphatic rings. The van der Waals surface area contributed by atoms with Gasteiger partial charge in [0.25, 0.3) is 5.56 Å². The summed E-state index contributed by atoms with van der Waals surface area (Å²) < 4.78 is 48.8. The van der Waals surface area contributed by atoms with Crippen molar-refractivity contribution in [2.24, 2.45) is 0 Å². The predicted octanol–water partition coefficient (Wildman–Crippen LogP) is 6.29. The average Bonchev–Trinajstić information content (AvgIpc) is 2.55. The highest BCUT2D eigenvalue weighted by Gasteiger charge is 2.38. The number of hydrogen-bond donors (Lipinski definition) is 0. The van der Waals surface area contributed by atoms with Gasteiger partial charge in [-0.1, -0.05) is 32.4 Å². The second-order valence-corrected chi connectivity index (χ2v) is 14.2. The largest absolute Gasteiger partial charge is 0.414 e. The lowest BCUT2D eigenvalue weighted by atomic mass is 10.1. The Kier molecular flexibility index (Phi) is 6.90. The van der Waals surface area contributed by atoms with E-state index in [0.717, 1.165) is 12.1 Å². The Bertz CT molecular complexity index is 921.